The van der Waals surface area contributed by atoms with Crippen molar-refractivity contribution in [3.63, 3.8) is 0 Å². The van der Waals surface area contributed by atoms with Crippen molar-refractivity contribution < 1.29 is 14.3 Å². The highest BCUT2D eigenvalue weighted by Gasteiger charge is 2.17. The summed E-state index contributed by atoms with van der Waals surface area (Å²) in [6.45, 7) is 3.72. The molecule has 1 atom stereocenters. The van der Waals surface area contributed by atoms with E-state index in [2.05, 4.69) is 5.32 Å². The normalized spacial score (nSPS) is 11.5. The number of carbonyl (C=O) groups is 1. The standard InChI is InChI=1S/C22H21NO3/c1-16-12-14-19(15-13-16)25-17(2)22(24)23-20-10-6-7-11-21(20)26-18-8-4-3-5-9-18/h3-15,17H,1-2H3,(H,23,24). The summed E-state index contributed by atoms with van der Waals surface area (Å²) >= 11 is 0. The van der Waals surface area contributed by atoms with Gasteiger partial charge in [0.05, 0.1) is 5.69 Å². The van der Waals surface area contributed by atoms with Gasteiger partial charge >= 0.3 is 0 Å². The van der Waals surface area contributed by atoms with E-state index in [1.807, 2.05) is 79.7 Å². The molecule has 0 aliphatic rings. The van der Waals surface area contributed by atoms with Gasteiger partial charge in [0, 0.05) is 0 Å². The first-order valence-electron chi connectivity index (χ1n) is 8.48. The molecule has 4 nitrogen and oxygen atoms in total. The molecule has 3 aromatic rings. The summed E-state index contributed by atoms with van der Waals surface area (Å²) in [5, 5.41) is 2.87. The fourth-order valence-corrected chi connectivity index (χ4v) is 2.38. The largest absolute Gasteiger partial charge is 0.481 e. The Morgan fingerprint density at radius 1 is 0.846 bits per heavy atom. The Morgan fingerprint density at radius 3 is 2.23 bits per heavy atom. The van der Waals surface area contributed by atoms with Crippen molar-refractivity contribution in [3.05, 3.63) is 84.4 Å². The highest BCUT2D eigenvalue weighted by atomic mass is 16.5. The number of amides is 1. The summed E-state index contributed by atoms with van der Waals surface area (Å²) in [5.41, 5.74) is 1.74. The number of rotatable bonds is 6. The Labute approximate surface area is 153 Å². The summed E-state index contributed by atoms with van der Waals surface area (Å²) in [6, 6.07) is 24.4. The van der Waals surface area contributed by atoms with Crippen LogP contribution < -0.4 is 14.8 Å². The monoisotopic (exact) mass is 347 g/mol. The van der Waals surface area contributed by atoms with Gasteiger partial charge in [0.15, 0.2) is 11.9 Å². The van der Waals surface area contributed by atoms with E-state index in [1.165, 1.54) is 0 Å². The van der Waals surface area contributed by atoms with Gasteiger partial charge in [-0.3, -0.25) is 4.79 Å². The van der Waals surface area contributed by atoms with Crippen LogP contribution in [0, 0.1) is 6.92 Å². The zero-order valence-electron chi connectivity index (χ0n) is 14.8. The summed E-state index contributed by atoms with van der Waals surface area (Å²) in [7, 11) is 0. The lowest BCUT2D eigenvalue weighted by molar-refractivity contribution is -0.122. The second-order valence-corrected chi connectivity index (χ2v) is 5.97. The van der Waals surface area contributed by atoms with Crippen LogP contribution in [0.2, 0.25) is 0 Å². The molecule has 0 fully saturated rings. The van der Waals surface area contributed by atoms with Crippen LogP contribution in [0.15, 0.2) is 78.9 Å². The molecule has 0 saturated carbocycles. The Hall–Kier alpha value is -3.27. The number of aryl methyl sites for hydroxylation is 1. The van der Waals surface area contributed by atoms with Gasteiger partial charge in [0.25, 0.3) is 5.91 Å². The third kappa shape index (κ3) is 4.63. The molecule has 0 aliphatic carbocycles. The summed E-state index contributed by atoms with van der Waals surface area (Å²) in [5.74, 6) is 1.70. The Balaban J connectivity index is 1.68. The smallest absolute Gasteiger partial charge is 0.265 e. The predicted molar refractivity (Wildman–Crippen MR) is 103 cm³/mol. The van der Waals surface area contributed by atoms with E-state index < -0.39 is 6.10 Å². The summed E-state index contributed by atoms with van der Waals surface area (Å²) in [4.78, 5) is 12.5. The highest BCUT2D eigenvalue weighted by molar-refractivity contribution is 5.95. The van der Waals surface area contributed by atoms with E-state index in [0.717, 1.165) is 5.56 Å². The van der Waals surface area contributed by atoms with Gasteiger partial charge in [-0.1, -0.05) is 48.0 Å². The molecule has 3 aromatic carbocycles. The van der Waals surface area contributed by atoms with E-state index >= 15 is 0 Å². The predicted octanol–water partition coefficient (Wildman–Crippen LogP) is 5.19. The molecule has 1 N–H and O–H groups in total. The van der Waals surface area contributed by atoms with Gasteiger partial charge in [0.1, 0.15) is 11.5 Å². The van der Waals surface area contributed by atoms with E-state index in [4.69, 9.17) is 9.47 Å². The van der Waals surface area contributed by atoms with Crippen LogP contribution >= 0.6 is 0 Å². The highest BCUT2D eigenvalue weighted by Crippen LogP contribution is 2.29. The molecule has 132 valence electrons. The third-order valence-electron chi connectivity index (χ3n) is 3.82. The number of hydrogen-bond acceptors (Lipinski definition) is 3. The molecule has 0 aliphatic heterocycles. The van der Waals surface area contributed by atoms with Crippen LogP contribution in [0.5, 0.6) is 17.2 Å². The summed E-state index contributed by atoms with van der Waals surface area (Å²) in [6.07, 6.45) is -0.637. The second kappa shape index (κ2) is 8.21. The van der Waals surface area contributed by atoms with Gasteiger partial charge in [0.2, 0.25) is 0 Å². The molecule has 26 heavy (non-hydrogen) atoms. The van der Waals surface area contributed by atoms with E-state index in [9.17, 15) is 4.79 Å². The minimum absolute atomic E-state index is 0.241. The SMILES string of the molecule is Cc1ccc(OC(C)C(=O)Nc2ccccc2Oc2ccccc2)cc1. The fraction of sp³-hybridized carbons (Fsp3) is 0.136. The van der Waals surface area contributed by atoms with Crippen LogP contribution in [0.3, 0.4) is 0 Å². The van der Waals surface area contributed by atoms with Gasteiger partial charge < -0.3 is 14.8 Å². The molecule has 1 unspecified atom stereocenters. The van der Waals surface area contributed by atoms with Gasteiger partial charge in [-0.15, -0.1) is 0 Å². The van der Waals surface area contributed by atoms with Crippen molar-refractivity contribution in [2.45, 2.75) is 20.0 Å². The molecule has 0 radical (unpaired) electrons. The number of ether oxygens (including phenoxy) is 2. The van der Waals surface area contributed by atoms with Crippen molar-refractivity contribution in [2.24, 2.45) is 0 Å². The average molecular weight is 347 g/mol. The Bertz CT molecular complexity index is 860. The van der Waals surface area contributed by atoms with Crippen LogP contribution in [-0.2, 0) is 4.79 Å². The molecule has 3 rings (SSSR count). The first-order chi connectivity index (χ1) is 12.6. The number of benzene rings is 3. The molecule has 0 bridgehead atoms. The third-order valence-corrected chi connectivity index (χ3v) is 3.82. The van der Waals surface area contributed by atoms with Crippen molar-refractivity contribution in [1.82, 2.24) is 0 Å². The lowest BCUT2D eigenvalue weighted by atomic mass is 10.2. The number of para-hydroxylation sites is 3. The van der Waals surface area contributed by atoms with E-state index in [0.29, 0.717) is 22.9 Å². The van der Waals surface area contributed by atoms with Gasteiger partial charge in [-0.25, -0.2) is 0 Å². The first kappa shape index (κ1) is 17.5. The molecular formula is C22H21NO3. The Morgan fingerprint density at radius 2 is 1.50 bits per heavy atom. The van der Waals surface area contributed by atoms with Crippen LogP contribution in [0.4, 0.5) is 5.69 Å². The minimum atomic E-state index is -0.637. The lowest BCUT2D eigenvalue weighted by Crippen LogP contribution is -2.30. The van der Waals surface area contributed by atoms with Crippen LogP contribution in [0.25, 0.3) is 0 Å². The van der Waals surface area contributed by atoms with E-state index in [-0.39, 0.29) is 5.91 Å². The van der Waals surface area contributed by atoms with Crippen molar-refractivity contribution in [3.8, 4) is 17.2 Å². The lowest BCUT2D eigenvalue weighted by Gasteiger charge is -2.17. The maximum Gasteiger partial charge on any atom is 0.265 e. The fourth-order valence-electron chi connectivity index (χ4n) is 2.38. The van der Waals surface area contributed by atoms with Crippen LogP contribution in [-0.4, -0.2) is 12.0 Å². The topological polar surface area (TPSA) is 47.6 Å². The molecule has 0 saturated heterocycles. The van der Waals surface area contributed by atoms with Crippen molar-refractivity contribution in [2.75, 3.05) is 5.32 Å². The Kier molecular flexibility index (Phi) is 5.54. The molecule has 0 aromatic heterocycles. The molecule has 0 heterocycles. The zero-order valence-corrected chi connectivity index (χ0v) is 14.8. The molecule has 4 heteroatoms. The summed E-state index contributed by atoms with van der Waals surface area (Å²) < 4.78 is 11.6. The maximum absolute atomic E-state index is 12.5. The number of nitrogens with one attached hydrogen (secondary N) is 1. The van der Waals surface area contributed by atoms with Gasteiger partial charge in [-0.05, 0) is 50.2 Å². The maximum atomic E-state index is 12.5. The van der Waals surface area contributed by atoms with Crippen molar-refractivity contribution >= 4 is 11.6 Å². The molecule has 1 amide bonds. The number of hydrogen-bond donors (Lipinski definition) is 1. The van der Waals surface area contributed by atoms with Crippen molar-refractivity contribution in [1.29, 1.82) is 0 Å². The van der Waals surface area contributed by atoms with E-state index in [1.54, 1.807) is 13.0 Å². The zero-order chi connectivity index (χ0) is 18.4. The average Bonchev–Trinajstić information content (AvgIpc) is 2.66. The number of anilines is 1. The minimum Gasteiger partial charge on any atom is -0.481 e. The first-order valence-corrected chi connectivity index (χ1v) is 8.48. The molecule has 0 spiro atoms. The quantitative estimate of drug-likeness (QED) is 0.667. The van der Waals surface area contributed by atoms with Gasteiger partial charge in [-0.2, -0.15) is 0 Å². The van der Waals surface area contributed by atoms with Crippen LogP contribution in [0.1, 0.15) is 12.5 Å². The second-order valence-electron chi connectivity index (χ2n) is 5.97. The number of carbonyl (C=O) groups excluding carboxylic acids is 1. The molecular weight excluding hydrogens is 326 g/mol.